The minimum atomic E-state index is -0.107. The van der Waals surface area contributed by atoms with E-state index in [1.165, 1.54) is 16.0 Å². The van der Waals surface area contributed by atoms with Gasteiger partial charge in [0, 0.05) is 29.0 Å². The SMILES string of the molecule is CC(C)(CNC(=O)CCSCc1nc2sc3c(c2c(=O)[nH]1)CCC3)c1ccccc1. The molecule has 1 aliphatic rings. The zero-order chi connectivity index (χ0) is 21.1. The fourth-order valence-electron chi connectivity index (χ4n) is 3.85. The molecule has 2 aromatic heterocycles. The van der Waals surface area contributed by atoms with E-state index < -0.39 is 0 Å². The smallest absolute Gasteiger partial charge is 0.259 e. The highest BCUT2D eigenvalue weighted by Gasteiger charge is 2.22. The van der Waals surface area contributed by atoms with Gasteiger partial charge in [-0.05, 0) is 30.4 Å². The molecule has 2 heterocycles. The molecule has 1 aromatic carbocycles. The lowest BCUT2D eigenvalue weighted by Crippen LogP contribution is -2.36. The van der Waals surface area contributed by atoms with Crippen molar-refractivity contribution in [3.05, 3.63) is 62.5 Å². The number of H-pyrrole nitrogens is 1. The van der Waals surface area contributed by atoms with Gasteiger partial charge in [-0.2, -0.15) is 11.8 Å². The Morgan fingerprint density at radius 3 is 2.87 bits per heavy atom. The number of nitrogens with one attached hydrogen (secondary N) is 2. The molecule has 0 saturated carbocycles. The van der Waals surface area contributed by atoms with Crippen molar-refractivity contribution >= 4 is 39.2 Å². The zero-order valence-electron chi connectivity index (χ0n) is 17.4. The minimum absolute atomic E-state index is 0.0177. The Morgan fingerprint density at radius 1 is 1.27 bits per heavy atom. The summed E-state index contributed by atoms with van der Waals surface area (Å²) in [4.78, 5) is 34.5. The molecule has 158 valence electrons. The molecular formula is C23H27N3O2S2. The molecule has 0 spiro atoms. The highest BCUT2D eigenvalue weighted by molar-refractivity contribution is 7.98. The second-order valence-electron chi connectivity index (χ2n) is 8.38. The molecule has 0 saturated heterocycles. The second kappa shape index (κ2) is 8.94. The highest BCUT2D eigenvalue weighted by atomic mass is 32.2. The van der Waals surface area contributed by atoms with E-state index in [1.54, 1.807) is 23.1 Å². The number of hydrogen-bond donors (Lipinski definition) is 2. The van der Waals surface area contributed by atoms with Crippen molar-refractivity contribution in [3.8, 4) is 0 Å². The van der Waals surface area contributed by atoms with E-state index in [0.29, 0.717) is 30.3 Å². The maximum atomic E-state index is 12.5. The molecule has 3 aromatic rings. The fraction of sp³-hybridized carbons (Fsp3) is 0.435. The Morgan fingerprint density at radius 2 is 2.07 bits per heavy atom. The number of amides is 1. The average Bonchev–Trinajstić information content (AvgIpc) is 3.31. The molecule has 7 heteroatoms. The molecule has 0 fully saturated rings. The Bertz CT molecular complexity index is 1100. The van der Waals surface area contributed by atoms with Crippen LogP contribution in [0, 0.1) is 0 Å². The van der Waals surface area contributed by atoms with Crippen LogP contribution in [0.2, 0.25) is 0 Å². The Labute approximate surface area is 184 Å². The Kier molecular flexibility index (Phi) is 6.29. The molecule has 4 rings (SSSR count). The predicted octanol–water partition coefficient (Wildman–Crippen LogP) is 4.19. The number of fused-ring (bicyclic) bond motifs is 3. The number of aryl methyl sites for hydroxylation is 2. The molecule has 1 amide bonds. The summed E-state index contributed by atoms with van der Waals surface area (Å²) in [6, 6.07) is 10.2. The third-order valence-electron chi connectivity index (χ3n) is 5.62. The van der Waals surface area contributed by atoms with Gasteiger partial charge in [0.1, 0.15) is 10.7 Å². The summed E-state index contributed by atoms with van der Waals surface area (Å²) in [6.07, 6.45) is 3.65. The molecule has 0 unspecified atom stereocenters. The topological polar surface area (TPSA) is 74.8 Å². The van der Waals surface area contributed by atoms with E-state index in [0.717, 1.165) is 29.5 Å². The number of aromatic amines is 1. The largest absolute Gasteiger partial charge is 0.355 e. The van der Waals surface area contributed by atoms with Gasteiger partial charge < -0.3 is 10.3 Å². The Hall–Kier alpha value is -2.12. The second-order valence-corrected chi connectivity index (χ2v) is 10.6. The molecule has 0 aliphatic heterocycles. The molecule has 0 atom stereocenters. The van der Waals surface area contributed by atoms with Gasteiger partial charge in [0.15, 0.2) is 0 Å². The van der Waals surface area contributed by atoms with Crippen LogP contribution in [-0.4, -0.2) is 28.2 Å². The maximum Gasteiger partial charge on any atom is 0.259 e. The fourth-order valence-corrected chi connectivity index (χ4v) is 5.93. The number of rotatable bonds is 8. The molecule has 30 heavy (non-hydrogen) atoms. The van der Waals surface area contributed by atoms with Crippen molar-refractivity contribution in [1.29, 1.82) is 0 Å². The van der Waals surface area contributed by atoms with Gasteiger partial charge in [-0.25, -0.2) is 4.98 Å². The van der Waals surface area contributed by atoms with Gasteiger partial charge in [0.05, 0.1) is 11.1 Å². The van der Waals surface area contributed by atoms with Crippen LogP contribution in [0.3, 0.4) is 0 Å². The van der Waals surface area contributed by atoms with Gasteiger partial charge in [-0.1, -0.05) is 44.2 Å². The van der Waals surface area contributed by atoms with Crippen LogP contribution in [0.25, 0.3) is 10.2 Å². The van der Waals surface area contributed by atoms with Gasteiger partial charge in [-0.3, -0.25) is 9.59 Å². The number of benzene rings is 1. The quantitative estimate of drug-likeness (QED) is 0.514. The number of thioether (sulfide) groups is 1. The van der Waals surface area contributed by atoms with Crippen LogP contribution in [0.1, 0.15) is 48.5 Å². The van der Waals surface area contributed by atoms with Crippen molar-refractivity contribution < 1.29 is 4.79 Å². The van der Waals surface area contributed by atoms with Crippen molar-refractivity contribution in [1.82, 2.24) is 15.3 Å². The van der Waals surface area contributed by atoms with Crippen LogP contribution in [0.4, 0.5) is 0 Å². The number of aromatic nitrogens is 2. The van der Waals surface area contributed by atoms with Crippen LogP contribution >= 0.6 is 23.1 Å². The summed E-state index contributed by atoms with van der Waals surface area (Å²) in [5.74, 6) is 2.05. The van der Waals surface area contributed by atoms with Gasteiger partial charge in [-0.15, -0.1) is 11.3 Å². The molecule has 2 N–H and O–H groups in total. The summed E-state index contributed by atoms with van der Waals surface area (Å²) >= 11 is 3.28. The van der Waals surface area contributed by atoms with Crippen molar-refractivity contribution in [2.24, 2.45) is 0 Å². The number of thiophene rings is 1. The molecular weight excluding hydrogens is 414 g/mol. The lowest BCUT2D eigenvalue weighted by atomic mass is 9.84. The van der Waals surface area contributed by atoms with Crippen LogP contribution in [-0.2, 0) is 28.8 Å². The minimum Gasteiger partial charge on any atom is -0.355 e. The lowest BCUT2D eigenvalue weighted by Gasteiger charge is -2.25. The molecule has 5 nitrogen and oxygen atoms in total. The van der Waals surface area contributed by atoms with Gasteiger partial charge in [0.2, 0.25) is 5.91 Å². The van der Waals surface area contributed by atoms with E-state index >= 15 is 0 Å². The van der Waals surface area contributed by atoms with Crippen molar-refractivity contribution in [2.75, 3.05) is 12.3 Å². The highest BCUT2D eigenvalue weighted by Crippen LogP contribution is 2.34. The summed E-state index contributed by atoms with van der Waals surface area (Å²) in [6.45, 7) is 4.88. The molecule has 1 aliphatic carbocycles. The summed E-state index contributed by atoms with van der Waals surface area (Å²) in [5.41, 5.74) is 2.29. The third-order valence-corrected chi connectivity index (χ3v) is 7.78. The van der Waals surface area contributed by atoms with Crippen LogP contribution in [0.15, 0.2) is 35.1 Å². The van der Waals surface area contributed by atoms with Crippen LogP contribution < -0.4 is 10.9 Å². The normalized spacial score (nSPS) is 13.5. The summed E-state index contributed by atoms with van der Waals surface area (Å²) < 4.78 is 0. The van der Waals surface area contributed by atoms with E-state index in [-0.39, 0.29) is 16.9 Å². The lowest BCUT2D eigenvalue weighted by molar-refractivity contribution is -0.120. The molecule has 0 radical (unpaired) electrons. The van der Waals surface area contributed by atoms with Crippen molar-refractivity contribution in [2.45, 2.75) is 50.7 Å². The van der Waals surface area contributed by atoms with Crippen LogP contribution in [0.5, 0.6) is 0 Å². The van der Waals surface area contributed by atoms with E-state index in [9.17, 15) is 9.59 Å². The maximum absolute atomic E-state index is 12.5. The van der Waals surface area contributed by atoms with Gasteiger partial charge in [0.25, 0.3) is 5.56 Å². The zero-order valence-corrected chi connectivity index (χ0v) is 19.0. The Balaban J connectivity index is 1.25. The van der Waals surface area contributed by atoms with E-state index in [4.69, 9.17) is 0 Å². The first-order valence-electron chi connectivity index (χ1n) is 10.4. The number of nitrogens with zero attached hydrogens (tertiary/aromatic N) is 1. The standard InChI is InChI=1S/C23H27N3O2S2/c1-23(2,15-7-4-3-5-8-15)14-24-19(27)11-12-29-13-18-25-21(28)20-16-9-6-10-17(16)30-22(20)26-18/h3-5,7-8H,6,9-14H2,1-2H3,(H,24,27)(H,25,26,28). The van der Waals surface area contributed by atoms with Crippen molar-refractivity contribution in [3.63, 3.8) is 0 Å². The average molecular weight is 442 g/mol. The summed E-state index contributed by atoms with van der Waals surface area (Å²) in [7, 11) is 0. The van der Waals surface area contributed by atoms with E-state index in [1.807, 2.05) is 18.2 Å². The third kappa shape index (κ3) is 4.62. The first kappa shape index (κ1) is 21.1. The molecule has 0 bridgehead atoms. The number of carbonyl (C=O) groups excluding carboxylic acids is 1. The number of carbonyl (C=O) groups is 1. The first-order chi connectivity index (χ1) is 14.4. The predicted molar refractivity (Wildman–Crippen MR) is 126 cm³/mol. The number of hydrogen-bond acceptors (Lipinski definition) is 5. The first-order valence-corrected chi connectivity index (χ1v) is 12.3. The summed E-state index contributed by atoms with van der Waals surface area (Å²) in [5, 5.41) is 3.84. The van der Waals surface area contributed by atoms with E-state index in [2.05, 4.69) is 41.3 Å². The monoisotopic (exact) mass is 441 g/mol. The van der Waals surface area contributed by atoms with Gasteiger partial charge >= 0.3 is 0 Å².